The molecule has 1 aliphatic rings. The summed E-state index contributed by atoms with van der Waals surface area (Å²) in [5, 5.41) is 2.35. The zero-order valence-corrected chi connectivity index (χ0v) is 13.3. The third-order valence-electron chi connectivity index (χ3n) is 3.40. The van der Waals surface area contributed by atoms with Gasteiger partial charge in [-0.25, -0.2) is 4.72 Å². The SMILES string of the molecule is CC(=O)N[C@@H](C)C(=O)NS(=O)(=O)N1CCCc2ccccc21. The number of benzene rings is 1. The van der Waals surface area contributed by atoms with E-state index in [-0.39, 0.29) is 0 Å². The molecule has 0 saturated heterocycles. The zero-order chi connectivity index (χ0) is 16.3. The highest BCUT2D eigenvalue weighted by Crippen LogP contribution is 2.28. The standard InChI is InChI=1S/C14H19N3O4S/c1-10(15-11(2)18)14(19)16-22(20,21)17-9-5-7-12-6-3-4-8-13(12)17/h3-4,6,8,10H,5,7,9H2,1-2H3,(H,15,18)(H,16,19)/t10-/m0/s1. The first kappa shape index (κ1) is 16.3. The summed E-state index contributed by atoms with van der Waals surface area (Å²) in [6.07, 6.45) is 1.49. The van der Waals surface area contributed by atoms with E-state index >= 15 is 0 Å². The predicted molar refractivity (Wildman–Crippen MR) is 82.5 cm³/mol. The van der Waals surface area contributed by atoms with E-state index in [1.807, 2.05) is 16.9 Å². The van der Waals surface area contributed by atoms with E-state index in [9.17, 15) is 18.0 Å². The molecule has 0 spiro atoms. The first-order valence-electron chi connectivity index (χ1n) is 7.00. The number of amides is 2. The fourth-order valence-electron chi connectivity index (χ4n) is 2.39. The molecule has 120 valence electrons. The molecule has 0 saturated carbocycles. The van der Waals surface area contributed by atoms with Crippen LogP contribution in [0.15, 0.2) is 24.3 Å². The maximum Gasteiger partial charge on any atom is 0.326 e. The summed E-state index contributed by atoms with van der Waals surface area (Å²) >= 11 is 0. The van der Waals surface area contributed by atoms with Gasteiger partial charge in [-0.2, -0.15) is 8.42 Å². The fraction of sp³-hybridized carbons (Fsp3) is 0.429. The monoisotopic (exact) mass is 325 g/mol. The highest BCUT2D eigenvalue weighted by atomic mass is 32.2. The van der Waals surface area contributed by atoms with Crippen LogP contribution in [0.25, 0.3) is 0 Å². The van der Waals surface area contributed by atoms with E-state index in [2.05, 4.69) is 5.32 Å². The number of rotatable bonds is 4. The lowest BCUT2D eigenvalue weighted by Gasteiger charge is -2.30. The maximum absolute atomic E-state index is 12.4. The van der Waals surface area contributed by atoms with Crippen molar-refractivity contribution in [3.8, 4) is 0 Å². The van der Waals surface area contributed by atoms with Crippen LogP contribution in [0.5, 0.6) is 0 Å². The molecule has 1 aliphatic heterocycles. The number of para-hydroxylation sites is 1. The van der Waals surface area contributed by atoms with E-state index < -0.39 is 28.1 Å². The van der Waals surface area contributed by atoms with Gasteiger partial charge in [-0.15, -0.1) is 0 Å². The van der Waals surface area contributed by atoms with Gasteiger partial charge in [0, 0.05) is 13.5 Å². The van der Waals surface area contributed by atoms with E-state index in [1.165, 1.54) is 18.2 Å². The van der Waals surface area contributed by atoms with Crippen molar-refractivity contribution in [2.75, 3.05) is 10.8 Å². The quantitative estimate of drug-likeness (QED) is 0.833. The molecule has 0 bridgehead atoms. The van der Waals surface area contributed by atoms with Crippen LogP contribution < -0.4 is 14.3 Å². The van der Waals surface area contributed by atoms with Crippen LogP contribution >= 0.6 is 0 Å². The second kappa shape index (κ2) is 6.35. The fourth-order valence-corrected chi connectivity index (χ4v) is 3.74. The van der Waals surface area contributed by atoms with E-state index in [1.54, 1.807) is 12.1 Å². The first-order chi connectivity index (χ1) is 10.3. The molecule has 0 unspecified atom stereocenters. The van der Waals surface area contributed by atoms with Crippen molar-refractivity contribution in [1.29, 1.82) is 0 Å². The lowest BCUT2D eigenvalue weighted by Crippen LogP contribution is -2.51. The highest BCUT2D eigenvalue weighted by molar-refractivity contribution is 7.91. The van der Waals surface area contributed by atoms with Gasteiger partial charge in [0.05, 0.1) is 5.69 Å². The maximum atomic E-state index is 12.4. The molecule has 2 N–H and O–H groups in total. The Balaban J connectivity index is 2.18. The van der Waals surface area contributed by atoms with Gasteiger partial charge >= 0.3 is 10.2 Å². The van der Waals surface area contributed by atoms with Gasteiger partial charge in [0.25, 0.3) is 5.91 Å². The van der Waals surface area contributed by atoms with Crippen molar-refractivity contribution < 1.29 is 18.0 Å². The van der Waals surface area contributed by atoms with Crippen molar-refractivity contribution in [1.82, 2.24) is 10.0 Å². The highest BCUT2D eigenvalue weighted by Gasteiger charge is 2.30. The Hall–Kier alpha value is -2.09. The minimum absolute atomic E-state index is 0.314. The van der Waals surface area contributed by atoms with Crippen molar-refractivity contribution in [3.05, 3.63) is 29.8 Å². The topological polar surface area (TPSA) is 95.6 Å². The Kier molecular flexibility index (Phi) is 4.70. The van der Waals surface area contributed by atoms with Crippen molar-refractivity contribution in [3.63, 3.8) is 0 Å². The van der Waals surface area contributed by atoms with Crippen LogP contribution in [0, 0.1) is 0 Å². The van der Waals surface area contributed by atoms with Gasteiger partial charge in [0.1, 0.15) is 6.04 Å². The van der Waals surface area contributed by atoms with Crippen LogP contribution in [0.2, 0.25) is 0 Å². The number of hydrogen-bond acceptors (Lipinski definition) is 4. The van der Waals surface area contributed by atoms with Crippen LogP contribution in [0.1, 0.15) is 25.8 Å². The van der Waals surface area contributed by atoms with Gasteiger partial charge < -0.3 is 5.32 Å². The molecule has 22 heavy (non-hydrogen) atoms. The second-order valence-corrected chi connectivity index (χ2v) is 6.79. The lowest BCUT2D eigenvalue weighted by atomic mass is 10.0. The number of aryl methyl sites for hydroxylation is 1. The number of fused-ring (bicyclic) bond motifs is 1. The molecule has 7 nitrogen and oxygen atoms in total. The van der Waals surface area contributed by atoms with Gasteiger partial charge in [0.2, 0.25) is 5.91 Å². The molecule has 0 aliphatic carbocycles. The molecule has 2 amide bonds. The van der Waals surface area contributed by atoms with Crippen molar-refractivity contribution >= 4 is 27.7 Å². The summed E-state index contributed by atoms with van der Waals surface area (Å²) in [5.41, 5.74) is 1.52. The number of carbonyl (C=O) groups excluding carboxylic acids is 2. The smallest absolute Gasteiger partial charge is 0.326 e. The summed E-state index contributed by atoms with van der Waals surface area (Å²) in [6.45, 7) is 3.00. The van der Waals surface area contributed by atoms with Crippen LogP contribution in [-0.2, 0) is 26.2 Å². The average molecular weight is 325 g/mol. The Morgan fingerprint density at radius 2 is 1.95 bits per heavy atom. The molecule has 0 fully saturated rings. The molecule has 2 rings (SSSR count). The predicted octanol–water partition coefficient (Wildman–Crippen LogP) is 0.325. The normalized spacial score (nSPS) is 15.6. The molecule has 1 aromatic carbocycles. The molecule has 0 aromatic heterocycles. The molecule has 1 atom stereocenters. The van der Waals surface area contributed by atoms with Crippen molar-refractivity contribution in [2.24, 2.45) is 0 Å². The van der Waals surface area contributed by atoms with Crippen molar-refractivity contribution in [2.45, 2.75) is 32.7 Å². The Bertz CT molecular complexity index is 687. The van der Waals surface area contributed by atoms with Crippen LogP contribution in [0.4, 0.5) is 5.69 Å². The zero-order valence-electron chi connectivity index (χ0n) is 12.5. The molecule has 1 heterocycles. The third-order valence-corrected chi connectivity index (χ3v) is 4.82. The Morgan fingerprint density at radius 3 is 2.64 bits per heavy atom. The molecule has 8 heteroatoms. The summed E-state index contributed by atoms with van der Waals surface area (Å²) in [6, 6.07) is 6.28. The van der Waals surface area contributed by atoms with E-state index in [0.29, 0.717) is 18.7 Å². The number of nitrogens with zero attached hydrogens (tertiary/aromatic N) is 1. The number of nitrogens with one attached hydrogen (secondary N) is 2. The number of carbonyl (C=O) groups is 2. The summed E-state index contributed by atoms with van der Waals surface area (Å²) < 4.78 is 28.1. The largest absolute Gasteiger partial charge is 0.345 e. The van der Waals surface area contributed by atoms with Crippen LogP contribution in [0.3, 0.4) is 0 Å². The summed E-state index contributed by atoms with van der Waals surface area (Å²) in [7, 11) is -3.99. The first-order valence-corrected chi connectivity index (χ1v) is 8.44. The van der Waals surface area contributed by atoms with Gasteiger partial charge in [-0.05, 0) is 31.4 Å². The molecule has 1 aromatic rings. The molecular formula is C14H19N3O4S. The molecule has 0 radical (unpaired) electrons. The van der Waals surface area contributed by atoms with Gasteiger partial charge in [-0.1, -0.05) is 18.2 Å². The van der Waals surface area contributed by atoms with Crippen LogP contribution in [-0.4, -0.2) is 32.8 Å². The Morgan fingerprint density at radius 1 is 1.27 bits per heavy atom. The minimum Gasteiger partial charge on any atom is -0.345 e. The summed E-state index contributed by atoms with van der Waals surface area (Å²) in [5.74, 6) is -1.17. The molecular weight excluding hydrogens is 306 g/mol. The number of hydrogen-bond donors (Lipinski definition) is 2. The minimum atomic E-state index is -3.99. The number of anilines is 1. The van der Waals surface area contributed by atoms with E-state index in [0.717, 1.165) is 12.0 Å². The second-order valence-electron chi connectivity index (χ2n) is 5.20. The van der Waals surface area contributed by atoms with E-state index in [4.69, 9.17) is 0 Å². The summed E-state index contributed by atoms with van der Waals surface area (Å²) in [4.78, 5) is 22.9. The lowest BCUT2D eigenvalue weighted by molar-refractivity contribution is -0.126. The third kappa shape index (κ3) is 3.56. The van der Waals surface area contributed by atoms with Gasteiger partial charge in [0.15, 0.2) is 0 Å². The Labute approximate surface area is 129 Å². The average Bonchev–Trinajstić information content (AvgIpc) is 2.45. The van der Waals surface area contributed by atoms with Gasteiger partial charge in [-0.3, -0.25) is 13.9 Å².